The van der Waals surface area contributed by atoms with Gasteiger partial charge in [0, 0.05) is 16.0 Å². The highest BCUT2D eigenvalue weighted by molar-refractivity contribution is 6.30. The molecule has 25 heavy (non-hydrogen) atoms. The molecule has 124 valence electrons. The topological polar surface area (TPSA) is 78.4 Å². The number of aromatic nitrogens is 2. The van der Waals surface area contributed by atoms with Crippen LogP contribution in [0.4, 0.5) is 0 Å². The van der Waals surface area contributed by atoms with Crippen LogP contribution in [0.1, 0.15) is 0 Å². The molecule has 0 spiro atoms. The number of hydrogen-bond donors (Lipinski definition) is 0. The van der Waals surface area contributed by atoms with Crippen LogP contribution in [-0.2, 0) is 0 Å². The van der Waals surface area contributed by atoms with E-state index in [0.29, 0.717) is 27.6 Å². The van der Waals surface area contributed by atoms with Crippen molar-refractivity contribution < 1.29 is 13.7 Å². The first-order chi connectivity index (χ1) is 12.1. The second kappa shape index (κ2) is 6.07. The third kappa shape index (κ3) is 2.88. The summed E-state index contributed by atoms with van der Waals surface area (Å²) in [7, 11) is 1.57. The van der Waals surface area contributed by atoms with Gasteiger partial charge in [-0.15, -0.1) is 0 Å². The van der Waals surface area contributed by atoms with Crippen LogP contribution >= 0.6 is 11.6 Å². The van der Waals surface area contributed by atoms with Crippen molar-refractivity contribution in [2.45, 2.75) is 0 Å². The molecule has 2 aromatic carbocycles. The zero-order chi connectivity index (χ0) is 17.4. The minimum absolute atomic E-state index is 0.0865. The molecule has 0 fully saturated rings. The van der Waals surface area contributed by atoms with Crippen molar-refractivity contribution in [1.29, 1.82) is 0 Å². The van der Waals surface area contributed by atoms with Crippen LogP contribution in [0, 0.1) is 0 Å². The average molecular weight is 355 g/mol. The van der Waals surface area contributed by atoms with Gasteiger partial charge >= 0.3 is 5.63 Å². The summed E-state index contributed by atoms with van der Waals surface area (Å²) < 4.78 is 15.7. The monoisotopic (exact) mass is 354 g/mol. The fraction of sp³-hybridized carbons (Fsp3) is 0.0556. The summed E-state index contributed by atoms with van der Waals surface area (Å²) in [6.45, 7) is 0. The van der Waals surface area contributed by atoms with Gasteiger partial charge < -0.3 is 13.7 Å². The number of hydrogen-bond acceptors (Lipinski definition) is 6. The molecule has 0 saturated heterocycles. The van der Waals surface area contributed by atoms with Crippen LogP contribution < -0.4 is 10.4 Å². The second-order valence-electron chi connectivity index (χ2n) is 5.28. The Morgan fingerprint density at radius 3 is 2.64 bits per heavy atom. The highest BCUT2D eigenvalue weighted by Gasteiger charge is 2.16. The summed E-state index contributed by atoms with van der Waals surface area (Å²) in [4.78, 5) is 16.5. The van der Waals surface area contributed by atoms with Crippen LogP contribution in [0.25, 0.3) is 33.8 Å². The first kappa shape index (κ1) is 15.4. The first-order valence-corrected chi connectivity index (χ1v) is 7.74. The van der Waals surface area contributed by atoms with E-state index in [1.807, 2.05) is 0 Å². The minimum atomic E-state index is -0.552. The Kier molecular flexibility index (Phi) is 3.74. The number of ether oxygens (including phenoxy) is 1. The number of benzene rings is 2. The molecule has 0 amide bonds. The lowest BCUT2D eigenvalue weighted by molar-refractivity contribution is 0.415. The molecular weight excluding hydrogens is 344 g/mol. The summed E-state index contributed by atoms with van der Waals surface area (Å²) in [5.74, 6) is 1.10. The highest BCUT2D eigenvalue weighted by Crippen LogP contribution is 2.25. The number of methoxy groups -OCH3 is 1. The summed E-state index contributed by atoms with van der Waals surface area (Å²) >= 11 is 5.87. The van der Waals surface area contributed by atoms with Crippen molar-refractivity contribution in [3.63, 3.8) is 0 Å². The van der Waals surface area contributed by atoms with Gasteiger partial charge in [-0.2, -0.15) is 4.98 Å². The van der Waals surface area contributed by atoms with Crippen LogP contribution in [0.5, 0.6) is 5.75 Å². The molecule has 4 rings (SSSR count). The number of rotatable bonds is 3. The summed E-state index contributed by atoms with van der Waals surface area (Å²) in [5.41, 5.74) is 0.815. The molecule has 0 aliphatic carbocycles. The van der Waals surface area contributed by atoms with Gasteiger partial charge in [-0.1, -0.05) is 16.8 Å². The van der Waals surface area contributed by atoms with Gasteiger partial charge in [0.15, 0.2) is 0 Å². The average Bonchev–Trinajstić information content (AvgIpc) is 3.11. The van der Waals surface area contributed by atoms with E-state index in [1.54, 1.807) is 55.6 Å². The van der Waals surface area contributed by atoms with E-state index in [9.17, 15) is 4.79 Å². The van der Waals surface area contributed by atoms with Crippen molar-refractivity contribution in [3.8, 4) is 28.6 Å². The third-order valence-electron chi connectivity index (χ3n) is 3.70. The molecule has 2 aromatic heterocycles. The molecule has 0 aliphatic rings. The molecule has 4 aromatic rings. The molecule has 0 aliphatic heterocycles. The second-order valence-corrected chi connectivity index (χ2v) is 5.72. The third-order valence-corrected chi connectivity index (χ3v) is 3.95. The largest absolute Gasteiger partial charge is 0.497 e. The van der Waals surface area contributed by atoms with E-state index in [2.05, 4.69) is 10.1 Å². The molecule has 2 heterocycles. The fourth-order valence-electron chi connectivity index (χ4n) is 2.43. The summed E-state index contributed by atoms with van der Waals surface area (Å²) in [6, 6.07) is 13.8. The normalized spacial score (nSPS) is 11.0. The zero-order valence-electron chi connectivity index (χ0n) is 13.0. The molecule has 0 saturated carbocycles. The van der Waals surface area contributed by atoms with Gasteiger partial charge in [-0.05, 0) is 48.5 Å². The van der Waals surface area contributed by atoms with Crippen molar-refractivity contribution in [3.05, 3.63) is 64.0 Å². The van der Waals surface area contributed by atoms with Gasteiger partial charge in [0.05, 0.1) is 7.11 Å². The predicted octanol–water partition coefficient (Wildman–Crippen LogP) is 4.17. The zero-order valence-corrected chi connectivity index (χ0v) is 13.8. The first-order valence-electron chi connectivity index (χ1n) is 7.36. The Morgan fingerprint density at radius 1 is 1.08 bits per heavy atom. The molecule has 0 N–H and O–H groups in total. The Labute approximate surface area is 146 Å². The van der Waals surface area contributed by atoms with Crippen LogP contribution in [0.3, 0.4) is 0 Å². The maximum absolute atomic E-state index is 12.2. The smallest absolute Gasteiger partial charge is 0.349 e. The molecule has 0 unspecified atom stereocenters. The van der Waals surface area contributed by atoms with E-state index in [1.165, 1.54) is 0 Å². The lowest BCUT2D eigenvalue weighted by Crippen LogP contribution is -2.03. The SMILES string of the molecule is COc1ccc2oc(=O)c(-c3nc(-c4ccc(Cl)cc4)no3)cc2c1. The summed E-state index contributed by atoms with van der Waals surface area (Å²) in [6.07, 6.45) is 0. The van der Waals surface area contributed by atoms with E-state index in [0.717, 1.165) is 5.56 Å². The molecular formula is C18H11ClN2O4. The summed E-state index contributed by atoms with van der Waals surface area (Å²) in [5, 5.41) is 5.22. The van der Waals surface area contributed by atoms with Gasteiger partial charge in [0.25, 0.3) is 5.89 Å². The Morgan fingerprint density at radius 2 is 1.88 bits per heavy atom. The number of fused-ring (bicyclic) bond motifs is 1. The fourth-order valence-corrected chi connectivity index (χ4v) is 2.55. The number of halogens is 1. The van der Waals surface area contributed by atoms with E-state index >= 15 is 0 Å². The van der Waals surface area contributed by atoms with Crippen LogP contribution in [-0.4, -0.2) is 17.3 Å². The van der Waals surface area contributed by atoms with Crippen molar-refractivity contribution >= 4 is 22.6 Å². The van der Waals surface area contributed by atoms with E-state index < -0.39 is 5.63 Å². The lowest BCUT2D eigenvalue weighted by Gasteiger charge is -2.02. The lowest BCUT2D eigenvalue weighted by atomic mass is 10.1. The van der Waals surface area contributed by atoms with Gasteiger partial charge in [0.2, 0.25) is 5.82 Å². The Hall–Kier alpha value is -3.12. The van der Waals surface area contributed by atoms with Crippen molar-refractivity contribution in [2.24, 2.45) is 0 Å². The minimum Gasteiger partial charge on any atom is -0.497 e. The van der Waals surface area contributed by atoms with Gasteiger partial charge in [-0.3, -0.25) is 0 Å². The van der Waals surface area contributed by atoms with E-state index in [4.69, 9.17) is 25.3 Å². The molecule has 0 atom stereocenters. The Bertz CT molecular complexity index is 1120. The molecule has 0 bridgehead atoms. The maximum atomic E-state index is 12.2. The molecule has 7 heteroatoms. The van der Waals surface area contributed by atoms with Gasteiger partial charge in [0.1, 0.15) is 16.9 Å². The standard InChI is InChI=1S/C18H11ClN2O4/c1-23-13-6-7-15-11(8-13)9-14(18(22)24-15)17-20-16(21-25-17)10-2-4-12(19)5-3-10/h2-9H,1H3. The maximum Gasteiger partial charge on any atom is 0.349 e. The van der Waals surface area contributed by atoms with Gasteiger partial charge in [-0.25, -0.2) is 4.79 Å². The van der Waals surface area contributed by atoms with E-state index in [-0.39, 0.29) is 11.5 Å². The van der Waals surface area contributed by atoms with Crippen LogP contribution in [0.15, 0.2) is 62.3 Å². The highest BCUT2D eigenvalue weighted by atomic mass is 35.5. The van der Waals surface area contributed by atoms with Crippen LogP contribution in [0.2, 0.25) is 5.02 Å². The quantitative estimate of drug-likeness (QED) is 0.514. The van der Waals surface area contributed by atoms with Crippen molar-refractivity contribution in [2.75, 3.05) is 7.11 Å². The molecule has 6 nitrogen and oxygen atoms in total. The number of nitrogens with zero attached hydrogens (tertiary/aromatic N) is 2. The Balaban J connectivity index is 1.80. The molecule has 0 radical (unpaired) electrons. The predicted molar refractivity (Wildman–Crippen MR) is 92.8 cm³/mol. The van der Waals surface area contributed by atoms with Crippen molar-refractivity contribution in [1.82, 2.24) is 10.1 Å².